The zero-order valence-electron chi connectivity index (χ0n) is 29.3. The number of benzene rings is 4. The van der Waals surface area contributed by atoms with Gasteiger partial charge in [-0.1, -0.05) is 93.2 Å². The maximum atomic E-state index is 15.5. The number of aromatic hydroxyl groups is 1. The molecule has 4 aliphatic rings. The second-order valence-electron chi connectivity index (χ2n) is 14.6. The van der Waals surface area contributed by atoms with Crippen molar-refractivity contribution < 1.29 is 37.5 Å². The number of phenols is 1. The van der Waals surface area contributed by atoms with Gasteiger partial charge in [0.05, 0.1) is 39.4 Å². The summed E-state index contributed by atoms with van der Waals surface area (Å²) in [5, 5.41) is 12.7. The van der Waals surface area contributed by atoms with Crippen LogP contribution in [0.5, 0.6) is 5.75 Å². The number of anilines is 2. The fourth-order valence-corrected chi connectivity index (χ4v) is 10.1. The predicted octanol–water partition coefficient (Wildman–Crippen LogP) is 9.22. The van der Waals surface area contributed by atoms with Gasteiger partial charge in [-0.05, 0) is 83.8 Å². The van der Waals surface area contributed by atoms with Crippen LogP contribution in [0.15, 0.2) is 113 Å². The number of rotatable bonds is 5. The number of phenolic OH excluding ortho intramolecular Hbond substituents is 1. The summed E-state index contributed by atoms with van der Waals surface area (Å²) in [6.07, 6.45) is -2.16. The molecular formula is C42H28BrCl2F3N4O5. The number of nitrogens with one attached hydrogen (secondary N) is 1. The maximum absolute atomic E-state index is 15.5. The second kappa shape index (κ2) is 13.4. The smallest absolute Gasteiger partial charge is 0.417 e. The summed E-state index contributed by atoms with van der Waals surface area (Å²) in [7, 11) is 0. The van der Waals surface area contributed by atoms with E-state index in [2.05, 4.69) is 26.3 Å². The number of halogens is 6. The Hall–Kier alpha value is -5.24. The van der Waals surface area contributed by atoms with Gasteiger partial charge in [-0.2, -0.15) is 18.2 Å². The Morgan fingerprint density at radius 1 is 0.860 bits per heavy atom. The van der Waals surface area contributed by atoms with Crippen molar-refractivity contribution in [1.29, 1.82) is 0 Å². The van der Waals surface area contributed by atoms with Crippen molar-refractivity contribution in [2.45, 2.75) is 30.4 Å². The normalized spacial score (nSPS) is 25.7. The van der Waals surface area contributed by atoms with Gasteiger partial charge in [0.2, 0.25) is 11.8 Å². The molecule has 6 atom stereocenters. The van der Waals surface area contributed by atoms with Gasteiger partial charge in [0.15, 0.2) is 5.82 Å². The Kier molecular flexibility index (Phi) is 8.79. The van der Waals surface area contributed by atoms with E-state index >= 15 is 9.59 Å². The standard InChI is InChI=1S/C42H28BrCl2F3N4O5/c43-22-7-11-24(12-8-22)51-37(54)29-14-13-28-30(34(29)39(51)56)18-31-38(55)52(50-36-32(45)17-21(19-49-36)42(46,47)48)40(57)41(31,20-5-9-23(44)10-6-20)35(28)27-15-16-33(53)26-4-2-1-3-25(26)27/h1-13,15-17,19,29-31,34-35,53H,14,18H2,(H,49,50)/t29-,30+,31-,34-,35-,41+/m0/s1. The highest BCUT2D eigenvalue weighted by molar-refractivity contribution is 9.10. The third-order valence-corrected chi connectivity index (χ3v) is 13.0. The van der Waals surface area contributed by atoms with Gasteiger partial charge in [0.25, 0.3) is 11.8 Å². The van der Waals surface area contributed by atoms with Gasteiger partial charge in [0.1, 0.15) is 5.75 Å². The number of amides is 4. The number of alkyl halides is 3. The fourth-order valence-electron chi connectivity index (χ4n) is 9.53. The molecule has 0 radical (unpaired) electrons. The minimum atomic E-state index is -4.75. The van der Waals surface area contributed by atoms with Crippen molar-refractivity contribution in [3.8, 4) is 5.75 Å². The molecule has 0 bridgehead atoms. The molecule has 288 valence electrons. The van der Waals surface area contributed by atoms with Crippen LogP contribution < -0.4 is 10.3 Å². The molecule has 15 heteroatoms. The van der Waals surface area contributed by atoms with Gasteiger partial charge in [0, 0.05) is 27.0 Å². The Morgan fingerprint density at radius 3 is 2.25 bits per heavy atom. The number of hydrogen-bond acceptors (Lipinski definition) is 7. The van der Waals surface area contributed by atoms with Crippen LogP contribution in [0.2, 0.25) is 10.0 Å². The van der Waals surface area contributed by atoms with E-state index in [1.165, 1.54) is 11.0 Å². The number of nitrogens with zero attached hydrogens (tertiary/aromatic N) is 3. The zero-order chi connectivity index (χ0) is 40.1. The number of allylic oxidation sites excluding steroid dienone is 2. The fraction of sp³-hybridized carbons (Fsp3) is 0.214. The Labute approximate surface area is 341 Å². The molecule has 0 unspecified atom stereocenters. The maximum Gasteiger partial charge on any atom is 0.417 e. The SMILES string of the molecule is O=C1[C@@H]2C[C@@H]3C(=CC[C@@H]4C(=O)N(c5ccc(Br)cc5)C(=O)[C@@H]43)[C@H](c3ccc(O)c4ccccc34)[C@]2(c2ccc(Cl)cc2)C(=O)N1Nc1ncc(C(F)(F)F)cc1Cl. The van der Waals surface area contributed by atoms with Gasteiger partial charge in [-0.3, -0.25) is 29.5 Å². The molecule has 4 amide bonds. The molecule has 2 aliphatic carbocycles. The zero-order valence-corrected chi connectivity index (χ0v) is 32.4. The van der Waals surface area contributed by atoms with Crippen LogP contribution in [0.3, 0.4) is 0 Å². The van der Waals surface area contributed by atoms with Gasteiger partial charge in [-0.15, -0.1) is 0 Å². The van der Waals surface area contributed by atoms with Crippen LogP contribution in [0.25, 0.3) is 10.8 Å². The number of hydrogen-bond donors (Lipinski definition) is 2. The first kappa shape index (κ1) is 37.3. The van der Waals surface area contributed by atoms with Gasteiger partial charge < -0.3 is 5.11 Å². The van der Waals surface area contributed by atoms with E-state index in [0.717, 1.165) is 9.48 Å². The summed E-state index contributed by atoms with van der Waals surface area (Å²) in [5.41, 5.74) is 1.86. The molecule has 9 nitrogen and oxygen atoms in total. The number of aromatic nitrogens is 1. The number of fused-ring (bicyclic) bond motifs is 5. The number of pyridine rings is 1. The van der Waals surface area contributed by atoms with E-state index in [0.29, 0.717) is 50.4 Å². The first-order valence-electron chi connectivity index (χ1n) is 17.9. The highest BCUT2D eigenvalue weighted by Crippen LogP contribution is 2.65. The lowest BCUT2D eigenvalue weighted by molar-refractivity contribution is -0.139. The average Bonchev–Trinajstić information content (AvgIpc) is 3.57. The quantitative estimate of drug-likeness (QED) is 0.134. The molecule has 3 heterocycles. The van der Waals surface area contributed by atoms with Crippen molar-refractivity contribution in [2.75, 3.05) is 10.3 Å². The van der Waals surface area contributed by atoms with Crippen LogP contribution in [0.1, 0.15) is 35.4 Å². The first-order chi connectivity index (χ1) is 27.2. The summed E-state index contributed by atoms with van der Waals surface area (Å²) >= 11 is 16.1. The summed E-state index contributed by atoms with van der Waals surface area (Å²) in [6, 6.07) is 24.3. The Balaban J connectivity index is 1.26. The molecule has 0 spiro atoms. The minimum Gasteiger partial charge on any atom is -0.507 e. The van der Waals surface area contributed by atoms with E-state index in [-0.39, 0.29) is 30.3 Å². The molecule has 2 saturated heterocycles. The third kappa shape index (κ3) is 5.60. The lowest BCUT2D eigenvalue weighted by Crippen LogP contribution is -2.53. The number of hydrazine groups is 1. The molecule has 1 saturated carbocycles. The molecule has 1 aromatic heterocycles. The lowest BCUT2D eigenvalue weighted by Gasteiger charge is -2.51. The van der Waals surface area contributed by atoms with E-state index in [1.54, 1.807) is 78.9 Å². The van der Waals surface area contributed by atoms with E-state index < -0.39 is 69.5 Å². The second-order valence-corrected chi connectivity index (χ2v) is 16.4. The number of imide groups is 2. The third-order valence-electron chi connectivity index (χ3n) is 11.9. The topological polar surface area (TPSA) is 120 Å². The van der Waals surface area contributed by atoms with Crippen molar-refractivity contribution in [3.63, 3.8) is 0 Å². The number of carbonyl (C=O) groups is 4. The van der Waals surface area contributed by atoms with Crippen LogP contribution in [-0.2, 0) is 30.8 Å². The Bertz CT molecular complexity index is 2590. The molecule has 57 heavy (non-hydrogen) atoms. The monoisotopic (exact) mass is 874 g/mol. The minimum absolute atomic E-state index is 0.0154. The summed E-state index contributed by atoms with van der Waals surface area (Å²) in [5.74, 6) is -7.12. The molecular weight excluding hydrogens is 848 g/mol. The molecule has 5 aromatic rings. The first-order valence-corrected chi connectivity index (χ1v) is 19.4. The van der Waals surface area contributed by atoms with Crippen LogP contribution in [0.4, 0.5) is 24.7 Å². The summed E-state index contributed by atoms with van der Waals surface area (Å²) in [4.78, 5) is 64.3. The molecule has 2 aliphatic heterocycles. The molecule has 2 N–H and O–H groups in total. The lowest BCUT2D eigenvalue weighted by atomic mass is 9.49. The molecule has 3 fully saturated rings. The van der Waals surface area contributed by atoms with Gasteiger partial charge >= 0.3 is 6.18 Å². The highest BCUT2D eigenvalue weighted by Gasteiger charge is 2.70. The average molecular weight is 877 g/mol. The predicted molar refractivity (Wildman–Crippen MR) is 209 cm³/mol. The Morgan fingerprint density at radius 2 is 1.56 bits per heavy atom. The van der Waals surface area contributed by atoms with Crippen molar-refractivity contribution in [3.05, 3.63) is 140 Å². The van der Waals surface area contributed by atoms with E-state index in [4.69, 9.17) is 23.2 Å². The summed E-state index contributed by atoms with van der Waals surface area (Å²) < 4.78 is 41.4. The van der Waals surface area contributed by atoms with Crippen LogP contribution >= 0.6 is 39.1 Å². The van der Waals surface area contributed by atoms with Crippen molar-refractivity contribution in [1.82, 2.24) is 9.99 Å². The van der Waals surface area contributed by atoms with Gasteiger partial charge in [-0.25, -0.2) is 4.98 Å². The van der Waals surface area contributed by atoms with Crippen LogP contribution in [0, 0.1) is 23.7 Å². The largest absolute Gasteiger partial charge is 0.507 e. The molecule has 9 rings (SSSR count). The van der Waals surface area contributed by atoms with Crippen LogP contribution in [-0.4, -0.2) is 38.7 Å². The van der Waals surface area contributed by atoms with E-state index in [1.807, 2.05) is 6.08 Å². The number of carbonyl (C=O) groups excluding carboxylic acids is 4. The summed E-state index contributed by atoms with van der Waals surface area (Å²) in [6.45, 7) is 0. The van der Waals surface area contributed by atoms with Crippen molar-refractivity contribution in [2.24, 2.45) is 23.7 Å². The molecule has 4 aromatic carbocycles. The van der Waals surface area contributed by atoms with Crippen molar-refractivity contribution >= 4 is 85.0 Å². The van der Waals surface area contributed by atoms with E-state index in [9.17, 15) is 27.9 Å². The highest BCUT2D eigenvalue weighted by atomic mass is 79.9.